The molecule has 0 saturated heterocycles. The summed E-state index contributed by atoms with van der Waals surface area (Å²) in [6.07, 6.45) is 2.61. The normalized spacial score (nSPS) is 10.5. The summed E-state index contributed by atoms with van der Waals surface area (Å²) in [4.78, 5) is 23.5. The van der Waals surface area contributed by atoms with E-state index in [2.05, 4.69) is 15.8 Å². The van der Waals surface area contributed by atoms with Crippen molar-refractivity contribution in [3.05, 3.63) is 59.7 Å². The molecule has 2 aromatic rings. The Morgan fingerprint density at radius 2 is 1.83 bits per heavy atom. The van der Waals surface area contributed by atoms with Gasteiger partial charge in [0.2, 0.25) is 5.91 Å². The fourth-order valence-electron chi connectivity index (χ4n) is 1.98. The molecular weight excluding hydrogens is 306 g/mol. The van der Waals surface area contributed by atoms with E-state index in [0.29, 0.717) is 23.2 Å². The quantitative estimate of drug-likeness (QED) is 0.563. The van der Waals surface area contributed by atoms with Crippen molar-refractivity contribution >= 4 is 23.7 Å². The van der Waals surface area contributed by atoms with E-state index in [-0.39, 0.29) is 17.6 Å². The molecule has 0 bridgehead atoms. The topological polar surface area (TPSA) is 90.8 Å². The van der Waals surface area contributed by atoms with Crippen molar-refractivity contribution in [1.29, 1.82) is 0 Å². The maximum atomic E-state index is 12.0. The third kappa shape index (κ3) is 4.95. The Bertz CT molecular complexity index is 739. The lowest BCUT2D eigenvalue weighted by Gasteiger charge is -2.05. The number of rotatable bonds is 6. The highest BCUT2D eigenvalue weighted by Crippen LogP contribution is 2.13. The van der Waals surface area contributed by atoms with Gasteiger partial charge in [-0.25, -0.2) is 5.43 Å². The average Bonchev–Trinajstić information content (AvgIpc) is 2.57. The molecule has 0 heterocycles. The van der Waals surface area contributed by atoms with Crippen LogP contribution in [-0.4, -0.2) is 23.1 Å². The molecule has 2 aromatic carbocycles. The molecule has 24 heavy (non-hydrogen) atoms. The van der Waals surface area contributed by atoms with E-state index in [4.69, 9.17) is 0 Å². The minimum absolute atomic E-state index is 0.0537. The van der Waals surface area contributed by atoms with E-state index in [1.807, 2.05) is 6.92 Å². The highest BCUT2D eigenvalue weighted by atomic mass is 16.3. The van der Waals surface area contributed by atoms with Gasteiger partial charge in [-0.1, -0.05) is 19.1 Å². The summed E-state index contributed by atoms with van der Waals surface area (Å²) in [6, 6.07) is 13.2. The Balaban J connectivity index is 1.93. The molecule has 0 spiro atoms. The van der Waals surface area contributed by atoms with Crippen molar-refractivity contribution in [3.8, 4) is 5.75 Å². The monoisotopic (exact) mass is 325 g/mol. The Labute approximate surface area is 140 Å². The van der Waals surface area contributed by atoms with Gasteiger partial charge >= 0.3 is 0 Å². The van der Waals surface area contributed by atoms with Crippen LogP contribution in [0, 0.1) is 0 Å². The van der Waals surface area contributed by atoms with Crippen LogP contribution in [0.1, 0.15) is 35.7 Å². The lowest BCUT2D eigenvalue weighted by atomic mass is 10.2. The number of phenols is 1. The molecule has 0 atom stereocenters. The number of hydrogen-bond acceptors (Lipinski definition) is 4. The number of para-hydroxylation sites is 1. The second-order valence-corrected chi connectivity index (χ2v) is 5.13. The van der Waals surface area contributed by atoms with Crippen LogP contribution in [-0.2, 0) is 4.79 Å². The van der Waals surface area contributed by atoms with E-state index < -0.39 is 0 Å². The van der Waals surface area contributed by atoms with Gasteiger partial charge in [-0.3, -0.25) is 9.59 Å². The number of hydrogen-bond donors (Lipinski definition) is 3. The summed E-state index contributed by atoms with van der Waals surface area (Å²) >= 11 is 0. The van der Waals surface area contributed by atoms with E-state index in [1.54, 1.807) is 42.5 Å². The predicted octanol–water partition coefficient (Wildman–Crippen LogP) is 2.89. The van der Waals surface area contributed by atoms with E-state index in [1.165, 1.54) is 12.3 Å². The van der Waals surface area contributed by atoms with Gasteiger partial charge in [0.15, 0.2) is 0 Å². The van der Waals surface area contributed by atoms with E-state index in [0.717, 1.165) is 6.42 Å². The maximum absolute atomic E-state index is 12.0. The molecule has 0 unspecified atom stereocenters. The number of benzene rings is 2. The maximum Gasteiger partial charge on any atom is 0.271 e. The van der Waals surface area contributed by atoms with Crippen LogP contribution in [0.25, 0.3) is 0 Å². The van der Waals surface area contributed by atoms with Crippen molar-refractivity contribution in [2.24, 2.45) is 5.10 Å². The van der Waals surface area contributed by atoms with Crippen molar-refractivity contribution in [2.45, 2.75) is 19.8 Å². The highest BCUT2D eigenvalue weighted by Gasteiger charge is 2.05. The summed E-state index contributed by atoms with van der Waals surface area (Å²) < 4.78 is 0. The summed E-state index contributed by atoms with van der Waals surface area (Å²) in [7, 11) is 0. The van der Waals surface area contributed by atoms with E-state index >= 15 is 0 Å². The minimum atomic E-state index is -0.381. The van der Waals surface area contributed by atoms with Crippen LogP contribution in [0.15, 0.2) is 53.6 Å². The first-order valence-corrected chi connectivity index (χ1v) is 7.61. The molecule has 6 heteroatoms. The molecule has 0 aliphatic carbocycles. The number of phenolic OH excluding ortho intramolecular Hbond substituents is 1. The van der Waals surface area contributed by atoms with Crippen LogP contribution >= 0.6 is 0 Å². The minimum Gasteiger partial charge on any atom is -0.507 e. The molecule has 0 saturated carbocycles. The third-order valence-electron chi connectivity index (χ3n) is 3.21. The highest BCUT2D eigenvalue weighted by molar-refractivity contribution is 5.96. The second-order valence-electron chi connectivity index (χ2n) is 5.13. The molecule has 2 amide bonds. The Morgan fingerprint density at radius 1 is 1.12 bits per heavy atom. The number of carbonyl (C=O) groups is 2. The second kappa shape index (κ2) is 8.47. The average molecular weight is 325 g/mol. The van der Waals surface area contributed by atoms with Gasteiger partial charge in [0.05, 0.1) is 6.21 Å². The van der Waals surface area contributed by atoms with Crippen molar-refractivity contribution < 1.29 is 14.7 Å². The molecule has 0 aliphatic rings. The van der Waals surface area contributed by atoms with Crippen LogP contribution in [0.3, 0.4) is 0 Å². The summed E-state index contributed by atoms with van der Waals surface area (Å²) in [6.45, 7) is 1.93. The zero-order valence-electron chi connectivity index (χ0n) is 13.3. The fraction of sp³-hybridized carbons (Fsp3) is 0.167. The zero-order valence-corrected chi connectivity index (χ0v) is 13.3. The van der Waals surface area contributed by atoms with Gasteiger partial charge in [0.1, 0.15) is 5.75 Å². The Hall–Kier alpha value is -3.15. The Kier molecular flexibility index (Phi) is 6.08. The van der Waals surface area contributed by atoms with Crippen LogP contribution in [0.4, 0.5) is 5.69 Å². The van der Waals surface area contributed by atoms with Gasteiger partial charge in [0, 0.05) is 23.2 Å². The molecule has 6 nitrogen and oxygen atoms in total. The number of nitrogens with zero attached hydrogens (tertiary/aromatic N) is 1. The number of amides is 2. The molecule has 0 fully saturated rings. The predicted molar refractivity (Wildman–Crippen MR) is 93.1 cm³/mol. The first-order valence-electron chi connectivity index (χ1n) is 7.61. The number of aromatic hydroxyl groups is 1. The molecular formula is C18H19N3O3. The lowest BCUT2D eigenvalue weighted by Crippen LogP contribution is -2.17. The number of hydrazone groups is 1. The van der Waals surface area contributed by atoms with Gasteiger partial charge in [-0.15, -0.1) is 0 Å². The lowest BCUT2D eigenvalue weighted by molar-refractivity contribution is -0.116. The molecule has 2 rings (SSSR count). The van der Waals surface area contributed by atoms with Gasteiger partial charge in [-0.05, 0) is 42.8 Å². The van der Waals surface area contributed by atoms with Crippen molar-refractivity contribution in [3.63, 3.8) is 0 Å². The first kappa shape index (κ1) is 17.2. The van der Waals surface area contributed by atoms with Crippen molar-refractivity contribution in [2.75, 3.05) is 5.32 Å². The van der Waals surface area contributed by atoms with Gasteiger partial charge in [-0.2, -0.15) is 5.10 Å². The van der Waals surface area contributed by atoms with Crippen LogP contribution < -0.4 is 10.7 Å². The molecule has 124 valence electrons. The van der Waals surface area contributed by atoms with Crippen molar-refractivity contribution in [1.82, 2.24) is 5.43 Å². The molecule has 0 radical (unpaired) electrons. The van der Waals surface area contributed by atoms with E-state index in [9.17, 15) is 14.7 Å². The number of carbonyl (C=O) groups excluding carboxylic acids is 2. The smallest absolute Gasteiger partial charge is 0.271 e. The third-order valence-corrected chi connectivity index (χ3v) is 3.21. The Morgan fingerprint density at radius 3 is 2.50 bits per heavy atom. The fourth-order valence-corrected chi connectivity index (χ4v) is 1.98. The molecule has 0 aliphatic heterocycles. The number of anilines is 1. The SMILES string of the molecule is CCCC(=O)Nc1ccc(C(=O)N/N=C\c2ccccc2O)cc1. The summed E-state index contributed by atoms with van der Waals surface area (Å²) in [5.41, 5.74) is 3.95. The van der Waals surface area contributed by atoms with Gasteiger partial charge in [0.25, 0.3) is 5.91 Å². The van der Waals surface area contributed by atoms with Crippen LogP contribution in [0.5, 0.6) is 5.75 Å². The molecule has 3 N–H and O–H groups in total. The van der Waals surface area contributed by atoms with Crippen LogP contribution in [0.2, 0.25) is 0 Å². The largest absolute Gasteiger partial charge is 0.507 e. The van der Waals surface area contributed by atoms with Gasteiger partial charge < -0.3 is 10.4 Å². The first-order chi connectivity index (χ1) is 11.6. The summed E-state index contributed by atoms with van der Waals surface area (Å²) in [5.74, 6) is -0.349. The molecule has 0 aromatic heterocycles. The summed E-state index contributed by atoms with van der Waals surface area (Å²) in [5, 5.41) is 16.2. The zero-order chi connectivity index (χ0) is 17.4. The number of nitrogens with one attached hydrogen (secondary N) is 2. The standard InChI is InChI=1S/C18H19N3O3/c1-2-5-17(23)20-15-10-8-13(9-11-15)18(24)21-19-12-14-6-3-4-7-16(14)22/h3-4,6-12,22H,2,5H2,1H3,(H,20,23)(H,21,24)/b19-12-.